The van der Waals surface area contributed by atoms with E-state index < -0.39 is 0 Å². The molecule has 0 spiro atoms. The van der Waals surface area contributed by atoms with Gasteiger partial charge in [0.2, 0.25) is 6.79 Å². The molecule has 2 aromatic carbocycles. The van der Waals surface area contributed by atoms with Crippen LogP contribution in [0.1, 0.15) is 11.1 Å². The molecule has 0 saturated heterocycles. The maximum absolute atomic E-state index is 6.32. The SMILES string of the molecule is CN(Cc1ccccc1)c1ncnc(NCc2ccc3c(c2)OCO3)c1N. The Morgan fingerprint density at radius 2 is 1.85 bits per heavy atom. The number of ether oxygens (including phenoxy) is 2. The lowest BCUT2D eigenvalue weighted by Crippen LogP contribution is -2.20. The molecule has 0 amide bonds. The molecule has 1 aliphatic rings. The average Bonchev–Trinajstić information content (AvgIpc) is 3.16. The first-order valence-corrected chi connectivity index (χ1v) is 8.68. The molecule has 3 aromatic rings. The fourth-order valence-corrected chi connectivity index (χ4v) is 3.00. The van der Waals surface area contributed by atoms with Crippen LogP contribution in [0.5, 0.6) is 11.5 Å². The molecule has 0 atom stereocenters. The third-order valence-electron chi connectivity index (χ3n) is 4.38. The first-order valence-electron chi connectivity index (χ1n) is 8.68. The molecule has 0 unspecified atom stereocenters. The number of benzene rings is 2. The second-order valence-corrected chi connectivity index (χ2v) is 6.34. The van der Waals surface area contributed by atoms with E-state index in [0.717, 1.165) is 17.1 Å². The van der Waals surface area contributed by atoms with Crippen LogP contribution < -0.4 is 25.4 Å². The molecule has 4 rings (SSSR count). The smallest absolute Gasteiger partial charge is 0.231 e. The molecule has 0 radical (unpaired) electrons. The van der Waals surface area contributed by atoms with E-state index in [4.69, 9.17) is 15.2 Å². The highest BCUT2D eigenvalue weighted by atomic mass is 16.7. The van der Waals surface area contributed by atoms with Crippen LogP contribution in [0.2, 0.25) is 0 Å². The fraction of sp³-hybridized carbons (Fsp3) is 0.200. The first kappa shape index (κ1) is 17.0. The number of fused-ring (bicyclic) bond motifs is 1. The Morgan fingerprint density at radius 3 is 2.70 bits per heavy atom. The van der Waals surface area contributed by atoms with E-state index in [1.807, 2.05) is 48.3 Å². The molecule has 3 N–H and O–H groups in total. The predicted octanol–water partition coefficient (Wildman–Crippen LogP) is 3.04. The molecule has 2 heterocycles. The standard InChI is InChI=1S/C20H21N5O2/c1-25(11-14-5-3-2-4-6-14)20-18(21)19(23-12-24-20)22-10-15-7-8-16-17(9-15)27-13-26-16/h2-9,12H,10-11,13,21H2,1H3,(H,22,23,24). The van der Waals surface area contributed by atoms with Crippen LogP contribution in [-0.2, 0) is 13.1 Å². The van der Waals surface area contributed by atoms with Gasteiger partial charge in [-0.05, 0) is 23.3 Å². The Hall–Kier alpha value is -3.48. The summed E-state index contributed by atoms with van der Waals surface area (Å²) in [6.45, 7) is 1.55. The van der Waals surface area contributed by atoms with Gasteiger partial charge in [0.15, 0.2) is 23.1 Å². The molecule has 7 heteroatoms. The van der Waals surface area contributed by atoms with Gasteiger partial charge in [-0.1, -0.05) is 36.4 Å². The molecule has 0 bridgehead atoms. The van der Waals surface area contributed by atoms with Crippen molar-refractivity contribution < 1.29 is 9.47 Å². The normalized spacial score (nSPS) is 12.0. The largest absolute Gasteiger partial charge is 0.454 e. The van der Waals surface area contributed by atoms with Gasteiger partial charge < -0.3 is 25.4 Å². The molecule has 7 nitrogen and oxygen atoms in total. The van der Waals surface area contributed by atoms with E-state index >= 15 is 0 Å². The Labute approximate surface area is 157 Å². The molecular weight excluding hydrogens is 342 g/mol. The van der Waals surface area contributed by atoms with Gasteiger partial charge >= 0.3 is 0 Å². The van der Waals surface area contributed by atoms with Gasteiger partial charge in [-0.25, -0.2) is 9.97 Å². The maximum Gasteiger partial charge on any atom is 0.231 e. The highest BCUT2D eigenvalue weighted by Gasteiger charge is 2.15. The quantitative estimate of drug-likeness (QED) is 0.696. The van der Waals surface area contributed by atoms with Crippen molar-refractivity contribution in [3.8, 4) is 11.5 Å². The van der Waals surface area contributed by atoms with E-state index in [9.17, 15) is 0 Å². The summed E-state index contributed by atoms with van der Waals surface area (Å²) in [6, 6.07) is 16.0. The highest BCUT2D eigenvalue weighted by molar-refractivity contribution is 5.74. The number of nitrogens with two attached hydrogens (primary N) is 1. The van der Waals surface area contributed by atoms with E-state index in [2.05, 4.69) is 27.4 Å². The molecule has 27 heavy (non-hydrogen) atoms. The van der Waals surface area contributed by atoms with Crippen molar-refractivity contribution >= 4 is 17.3 Å². The number of nitrogen functional groups attached to an aromatic ring is 1. The number of nitrogens with zero attached hydrogens (tertiary/aromatic N) is 3. The molecular formula is C20H21N5O2. The topological polar surface area (TPSA) is 85.5 Å². The zero-order valence-electron chi connectivity index (χ0n) is 15.1. The fourth-order valence-electron chi connectivity index (χ4n) is 3.00. The van der Waals surface area contributed by atoms with E-state index in [0.29, 0.717) is 30.4 Å². The van der Waals surface area contributed by atoms with E-state index in [1.54, 1.807) is 0 Å². The van der Waals surface area contributed by atoms with Crippen LogP contribution in [0.25, 0.3) is 0 Å². The van der Waals surface area contributed by atoms with E-state index in [-0.39, 0.29) is 6.79 Å². The third kappa shape index (κ3) is 3.72. The zero-order valence-corrected chi connectivity index (χ0v) is 15.1. The van der Waals surface area contributed by atoms with Crippen molar-refractivity contribution in [1.29, 1.82) is 0 Å². The predicted molar refractivity (Wildman–Crippen MR) is 105 cm³/mol. The summed E-state index contributed by atoms with van der Waals surface area (Å²) in [5.74, 6) is 2.83. The minimum absolute atomic E-state index is 0.266. The first-order chi connectivity index (χ1) is 13.2. The Balaban J connectivity index is 1.46. The monoisotopic (exact) mass is 363 g/mol. The number of anilines is 3. The number of hydrogen-bond acceptors (Lipinski definition) is 7. The van der Waals surface area contributed by atoms with Gasteiger partial charge in [0, 0.05) is 20.1 Å². The van der Waals surface area contributed by atoms with Gasteiger partial charge in [0.1, 0.15) is 12.0 Å². The van der Waals surface area contributed by atoms with Gasteiger partial charge in [-0.15, -0.1) is 0 Å². The van der Waals surface area contributed by atoms with Crippen LogP contribution in [0.15, 0.2) is 54.9 Å². The van der Waals surface area contributed by atoms with Crippen molar-refractivity contribution in [2.45, 2.75) is 13.1 Å². The molecule has 1 aliphatic heterocycles. The second kappa shape index (κ2) is 7.41. The average molecular weight is 363 g/mol. The lowest BCUT2D eigenvalue weighted by Gasteiger charge is -2.21. The van der Waals surface area contributed by atoms with Crippen LogP contribution >= 0.6 is 0 Å². The van der Waals surface area contributed by atoms with Crippen LogP contribution in [0.4, 0.5) is 17.3 Å². The molecule has 0 fully saturated rings. The summed E-state index contributed by atoms with van der Waals surface area (Å²) in [7, 11) is 1.97. The summed E-state index contributed by atoms with van der Waals surface area (Å²) in [5.41, 5.74) is 9.08. The van der Waals surface area contributed by atoms with Gasteiger partial charge in [0.25, 0.3) is 0 Å². The highest BCUT2D eigenvalue weighted by Crippen LogP contribution is 2.33. The van der Waals surface area contributed by atoms with E-state index in [1.165, 1.54) is 11.9 Å². The number of aromatic nitrogens is 2. The molecule has 1 aromatic heterocycles. The Bertz CT molecular complexity index is 933. The Morgan fingerprint density at radius 1 is 1.04 bits per heavy atom. The summed E-state index contributed by atoms with van der Waals surface area (Å²) in [5, 5.41) is 3.28. The molecule has 0 saturated carbocycles. The van der Waals surface area contributed by atoms with Crippen molar-refractivity contribution in [2.24, 2.45) is 0 Å². The van der Waals surface area contributed by atoms with Crippen LogP contribution in [0, 0.1) is 0 Å². The van der Waals surface area contributed by atoms with Crippen molar-refractivity contribution in [3.63, 3.8) is 0 Å². The summed E-state index contributed by atoms with van der Waals surface area (Å²) in [6.07, 6.45) is 1.52. The van der Waals surface area contributed by atoms with Crippen LogP contribution in [0.3, 0.4) is 0 Å². The zero-order chi connectivity index (χ0) is 18.6. The van der Waals surface area contributed by atoms with Crippen LogP contribution in [-0.4, -0.2) is 23.8 Å². The Kier molecular flexibility index (Phi) is 4.65. The van der Waals surface area contributed by atoms with Crippen molar-refractivity contribution in [2.75, 3.05) is 29.8 Å². The molecule has 138 valence electrons. The number of hydrogen-bond donors (Lipinski definition) is 2. The molecule has 0 aliphatic carbocycles. The second-order valence-electron chi connectivity index (χ2n) is 6.34. The lowest BCUT2D eigenvalue weighted by atomic mass is 10.2. The van der Waals surface area contributed by atoms with Gasteiger partial charge in [-0.2, -0.15) is 0 Å². The van der Waals surface area contributed by atoms with Gasteiger partial charge in [-0.3, -0.25) is 0 Å². The van der Waals surface area contributed by atoms with Gasteiger partial charge in [0.05, 0.1) is 0 Å². The number of nitrogens with one attached hydrogen (secondary N) is 1. The summed E-state index contributed by atoms with van der Waals surface area (Å²) >= 11 is 0. The third-order valence-corrected chi connectivity index (χ3v) is 4.38. The van der Waals surface area contributed by atoms with Crippen molar-refractivity contribution in [3.05, 3.63) is 66.0 Å². The van der Waals surface area contributed by atoms with Crippen molar-refractivity contribution in [1.82, 2.24) is 9.97 Å². The summed E-state index contributed by atoms with van der Waals surface area (Å²) in [4.78, 5) is 10.6. The number of rotatable bonds is 6. The summed E-state index contributed by atoms with van der Waals surface area (Å²) < 4.78 is 10.8. The maximum atomic E-state index is 6.32. The lowest BCUT2D eigenvalue weighted by molar-refractivity contribution is 0.174. The minimum atomic E-state index is 0.266. The minimum Gasteiger partial charge on any atom is -0.454 e.